The number of benzene rings is 1. The van der Waals surface area contributed by atoms with Gasteiger partial charge >= 0.3 is 6.03 Å². The Bertz CT molecular complexity index is 873. The molecule has 0 spiro atoms. The summed E-state index contributed by atoms with van der Waals surface area (Å²) in [4.78, 5) is 30.9. The van der Waals surface area contributed by atoms with Crippen LogP contribution in [0.4, 0.5) is 10.5 Å². The van der Waals surface area contributed by atoms with Gasteiger partial charge in [0.25, 0.3) is 5.91 Å². The molecule has 34 heavy (non-hydrogen) atoms. The van der Waals surface area contributed by atoms with Crippen LogP contribution in [0, 0.1) is 5.92 Å². The van der Waals surface area contributed by atoms with Gasteiger partial charge in [0.1, 0.15) is 12.4 Å². The number of anilines is 1. The minimum Gasteiger partial charge on any atom is -0.489 e. The average Bonchev–Trinajstić information content (AvgIpc) is 2.83. The summed E-state index contributed by atoms with van der Waals surface area (Å²) in [5.74, 6) is 0.630. The molecule has 3 N–H and O–H groups in total. The fraction of sp³-hybridized carbons (Fsp3) is 0.583. The largest absolute Gasteiger partial charge is 0.489 e. The molecule has 0 aromatic heterocycles. The number of hydrogen-bond donors (Lipinski definition) is 2. The number of carbonyl (C=O) groups excluding carboxylic acids is 2. The number of hydrogen-bond acceptors (Lipinski definition) is 6. The van der Waals surface area contributed by atoms with E-state index in [0.29, 0.717) is 41.1 Å². The molecule has 0 aliphatic carbocycles. The van der Waals surface area contributed by atoms with Gasteiger partial charge in [0, 0.05) is 59.4 Å². The number of nitrogens with two attached hydrogens (primary N) is 1. The van der Waals surface area contributed by atoms with E-state index in [2.05, 4.69) is 16.8 Å². The monoisotopic (exact) mass is 493 g/mol. The van der Waals surface area contributed by atoms with Gasteiger partial charge in [0.05, 0.1) is 29.0 Å². The summed E-state index contributed by atoms with van der Waals surface area (Å²) in [6.07, 6.45) is 3.50. The molecule has 9 nitrogen and oxygen atoms in total. The smallest absolute Gasteiger partial charge is 0.319 e. The van der Waals surface area contributed by atoms with Crippen LogP contribution < -0.4 is 15.8 Å². The Labute approximate surface area is 206 Å². The molecule has 10 heteroatoms. The molecule has 2 heterocycles. The Balaban J connectivity index is 1.48. The molecule has 2 saturated heterocycles. The van der Waals surface area contributed by atoms with Gasteiger partial charge in [-0.05, 0) is 24.8 Å². The minimum atomic E-state index is -0.292. The summed E-state index contributed by atoms with van der Waals surface area (Å²) < 4.78 is 11.5. The molecule has 1 unspecified atom stereocenters. The Hall–Kier alpha value is -2.49. The first-order valence-corrected chi connectivity index (χ1v) is 12.1. The zero-order chi connectivity index (χ0) is 24.7. The van der Waals surface area contributed by atoms with Crippen molar-refractivity contribution >= 4 is 29.2 Å². The summed E-state index contributed by atoms with van der Waals surface area (Å²) in [6.45, 7) is 9.08. The van der Waals surface area contributed by atoms with E-state index in [1.165, 1.54) is 6.07 Å². The fourth-order valence-corrected chi connectivity index (χ4v) is 4.50. The molecule has 0 saturated carbocycles. The number of amides is 3. The lowest BCUT2D eigenvalue weighted by Crippen LogP contribution is -2.50. The van der Waals surface area contributed by atoms with Crippen LogP contribution in [-0.4, -0.2) is 99.3 Å². The summed E-state index contributed by atoms with van der Waals surface area (Å²) in [7, 11) is 3.58. The van der Waals surface area contributed by atoms with Crippen molar-refractivity contribution in [3.8, 4) is 5.75 Å². The van der Waals surface area contributed by atoms with Crippen LogP contribution in [-0.2, 0) is 4.74 Å². The second-order valence-corrected chi connectivity index (χ2v) is 9.45. The van der Waals surface area contributed by atoms with Gasteiger partial charge in [-0.3, -0.25) is 9.69 Å². The van der Waals surface area contributed by atoms with E-state index >= 15 is 0 Å². The van der Waals surface area contributed by atoms with E-state index in [1.807, 2.05) is 4.90 Å². The lowest BCUT2D eigenvalue weighted by Gasteiger charge is -2.38. The average molecular weight is 494 g/mol. The van der Waals surface area contributed by atoms with Gasteiger partial charge in [0.2, 0.25) is 0 Å². The number of morpholine rings is 1. The number of carbonyl (C=O) groups is 2. The molecule has 0 radical (unpaired) electrons. The molecule has 0 bridgehead atoms. The predicted octanol–water partition coefficient (Wildman–Crippen LogP) is 2.31. The van der Waals surface area contributed by atoms with E-state index in [-0.39, 0.29) is 24.6 Å². The highest BCUT2D eigenvalue weighted by Gasteiger charge is 2.28. The molecule has 2 aliphatic rings. The highest BCUT2D eigenvalue weighted by atomic mass is 35.5. The first kappa shape index (κ1) is 26.1. The maximum atomic E-state index is 12.8. The van der Waals surface area contributed by atoms with Crippen LogP contribution >= 0.6 is 11.6 Å². The molecule has 3 amide bonds. The van der Waals surface area contributed by atoms with Gasteiger partial charge in [-0.25, -0.2) is 4.79 Å². The lowest BCUT2D eigenvalue weighted by molar-refractivity contribution is -0.0331. The number of nitrogen functional groups attached to an aromatic ring is 1. The molecule has 1 aromatic carbocycles. The van der Waals surface area contributed by atoms with E-state index in [0.717, 1.165) is 45.6 Å². The molecule has 2 fully saturated rings. The molecule has 2 aliphatic heterocycles. The second-order valence-electron chi connectivity index (χ2n) is 9.04. The quantitative estimate of drug-likeness (QED) is 0.426. The van der Waals surface area contributed by atoms with E-state index in [1.54, 1.807) is 31.1 Å². The molecule has 188 valence electrons. The molecular weight excluding hydrogens is 458 g/mol. The number of nitrogens with one attached hydrogen (secondary N) is 1. The van der Waals surface area contributed by atoms with Crippen molar-refractivity contribution in [2.45, 2.75) is 18.9 Å². The number of rotatable bonds is 8. The number of urea groups is 1. The summed E-state index contributed by atoms with van der Waals surface area (Å²) in [6, 6.07) is 3.16. The highest BCUT2D eigenvalue weighted by molar-refractivity contribution is 6.33. The van der Waals surface area contributed by atoms with Crippen LogP contribution in [0.15, 0.2) is 24.8 Å². The summed E-state index contributed by atoms with van der Waals surface area (Å²) in [5, 5.41) is 3.24. The van der Waals surface area contributed by atoms with Gasteiger partial charge in [-0.1, -0.05) is 24.3 Å². The van der Waals surface area contributed by atoms with Crippen LogP contribution in [0.5, 0.6) is 5.75 Å². The normalized spacial score (nSPS) is 19.5. The van der Waals surface area contributed by atoms with Crippen molar-refractivity contribution in [1.82, 2.24) is 20.0 Å². The van der Waals surface area contributed by atoms with E-state index in [9.17, 15) is 9.59 Å². The third-order valence-electron chi connectivity index (χ3n) is 6.20. The Morgan fingerprint density at radius 1 is 1.32 bits per heavy atom. The maximum Gasteiger partial charge on any atom is 0.319 e. The predicted molar refractivity (Wildman–Crippen MR) is 133 cm³/mol. The molecule has 3 rings (SSSR count). The van der Waals surface area contributed by atoms with E-state index in [4.69, 9.17) is 26.8 Å². The number of piperidine rings is 1. The van der Waals surface area contributed by atoms with Crippen LogP contribution in [0.3, 0.4) is 0 Å². The van der Waals surface area contributed by atoms with Crippen LogP contribution in [0.2, 0.25) is 5.02 Å². The van der Waals surface area contributed by atoms with E-state index < -0.39 is 0 Å². The topological polar surface area (TPSA) is 100 Å². The zero-order valence-corrected chi connectivity index (χ0v) is 20.9. The van der Waals surface area contributed by atoms with Crippen LogP contribution in [0.25, 0.3) is 0 Å². The SMILES string of the molecule is C=CCOc1cc(N)c(Cl)cc1C(=O)NCC1CN(CC2CCN(C(=O)N(C)C)CC2)CCO1. The van der Waals surface area contributed by atoms with Gasteiger partial charge in [0.15, 0.2) is 0 Å². The van der Waals surface area contributed by atoms with Crippen molar-refractivity contribution in [1.29, 1.82) is 0 Å². The number of ether oxygens (including phenoxy) is 2. The standard InChI is InChI=1S/C24H36ClN5O4/c1-4-10-34-22-13-21(26)20(25)12-19(22)23(31)27-14-18-16-29(9-11-33-18)15-17-5-7-30(8-6-17)24(32)28(2)3/h4,12-13,17-18H,1,5-11,14-16,26H2,2-3H3,(H,27,31). The zero-order valence-electron chi connectivity index (χ0n) is 20.1. The third-order valence-corrected chi connectivity index (χ3v) is 6.52. The molecule has 1 atom stereocenters. The van der Waals surface area contributed by atoms with Crippen molar-refractivity contribution in [3.63, 3.8) is 0 Å². The number of nitrogens with zero attached hydrogens (tertiary/aromatic N) is 3. The lowest BCUT2D eigenvalue weighted by atomic mass is 9.96. The van der Waals surface area contributed by atoms with Gasteiger partial charge < -0.3 is 30.3 Å². The number of likely N-dealkylation sites (tertiary alicyclic amines) is 1. The van der Waals surface area contributed by atoms with Gasteiger partial charge in [-0.15, -0.1) is 0 Å². The number of halogens is 1. The third kappa shape index (κ3) is 7.01. The van der Waals surface area contributed by atoms with Crippen molar-refractivity contribution < 1.29 is 19.1 Å². The highest BCUT2D eigenvalue weighted by Crippen LogP contribution is 2.29. The second kappa shape index (κ2) is 12.3. The maximum absolute atomic E-state index is 12.8. The Morgan fingerprint density at radius 2 is 2.06 bits per heavy atom. The fourth-order valence-electron chi connectivity index (χ4n) is 4.34. The first-order valence-electron chi connectivity index (χ1n) is 11.7. The summed E-state index contributed by atoms with van der Waals surface area (Å²) in [5.41, 5.74) is 6.54. The minimum absolute atomic E-state index is 0.0843. The van der Waals surface area contributed by atoms with Crippen molar-refractivity contribution in [3.05, 3.63) is 35.4 Å². The first-order chi connectivity index (χ1) is 16.3. The Morgan fingerprint density at radius 3 is 2.74 bits per heavy atom. The van der Waals surface area contributed by atoms with Crippen molar-refractivity contribution in [2.75, 3.05) is 72.3 Å². The Kier molecular flexibility index (Phi) is 9.44. The molecule has 1 aromatic rings. The van der Waals surface area contributed by atoms with Crippen molar-refractivity contribution in [2.24, 2.45) is 5.92 Å². The van der Waals surface area contributed by atoms with Gasteiger partial charge in [-0.2, -0.15) is 0 Å². The molecular formula is C24H36ClN5O4. The summed E-state index contributed by atoms with van der Waals surface area (Å²) >= 11 is 6.13. The van der Waals surface area contributed by atoms with Crippen LogP contribution in [0.1, 0.15) is 23.2 Å².